The standard InChI is InChI=1S/C14H30N2/c1-6-9-11-16(10-7-2)13(4)14(8-3)12-15-5/h8,13,15H,6-7,9-12H2,1-5H3. The number of likely N-dealkylation sites (N-methyl/N-ethyl adjacent to an activating group) is 1. The smallest absolute Gasteiger partial charge is 0.0291 e. The summed E-state index contributed by atoms with van der Waals surface area (Å²) < 4.78 is 0. The SMILES string of the molecule is CC=C(CNC)C(C)N(CCC)CCCC. The van der Waals surface area contributed by atoms with Crippen LogP contribution in [-0.2, 0) is 0 Å². The molecule has 1 unspecified atom stereocenters. The van der Waals surface area contributed by atoms with E-state index in [0.29, 0.717) is 6.04 Å². The van der Waals surface area contributed by atoms with Crippen LogP contribution in [0, 0.1) is 0 Å². The lowest BCUT2D eigenvalue weighted by atomic mass is 10.1. The molecule has 16 heavy (non-hydrogen) atoms. The first-order valence-corrected chi connectivity index (χ1v) is 6.74. The van der Waals surface area contributed by atoms with Crippen LogP contribution in [0.3, 0.4) is 0 Å². The van der Waals surface area contributed by atoms with E-state index in [0.717, 1.165) is 6.54 Å². The van der Waals surface area contributed by atoms with Crippen molar-refractivity contribution in [3.63, 3.8) is 0 Å². The van der Waals surface area contributed by atoms with Gasteiger partial charge in [-0.2, -0.15) is 0 Å². The lowest BCUT2D eigenvalue weighted by Crippen LogP contribution is -2.38. The van der Waals surface area contributed by atoms with Crippen LogP contribution in [0.4, 0.5) is 0 Å². The Bertz CT molecular complexity index is 187. The fourth-order valence-corrected chi connectivity index (χ4v) is 2.08. The number of hydrogen-bond donors (Lipinski definition) is 1. The molecule has 0 aromatic carbocycles. The van der Waals surface area contributed by atoms with Crippen molar-refractivity contribution in [3.8, 4) is 0 Å². The van der Waals surface area contributed by atoms with Crippen LogP contribution < -0.4 is 5.32 Å². The molecule has 0 aromatic heterocycles. The van der Waals surface area contributed by atoms with Crippen molar-refractivity contribution < 1.29 is 0 Å². The third-order valence-corrected chi connectivity index (χ3v) is 3.15. The van der Waals surface area contributed by atoms with Crippen LogP contribution >= 0.6 is 0 Å². The third kappa shape index (κ3) is 5.66. The summed E-state index contributed by atoms with van der Waals surface area (Å²) in [5, 5.41) is 3.26. The molecule has 0 bridgehead atoms. The molecule has 0 saturated heterocycles. The molecule has 0 aliphatic rings. The van der Waals surface area contributed by atoms with Gasteiger partial charge < -0.3 is 5.32 Å². The molecule has 0 rings (SSSR count). The van der Waals surface area contributed by atoms with Crippen molar-refractivity contribution in [3.05, 3.63) is 11.6 Å². The van der Waals surface area contributed by atoms with Gasteiger partial charge in [0, 0.05) is 12.6 Å². The van der Waals surface area contributed by atoms with E-state index in [1.807, 2.05) is 7.05 Å². The zero-order valence-electron chi connectivity index (χ0n) is 11.8. The average molecular weight is 226 g/mol. The van der Waals surface area contributed by atoms with Gasteiger partial charge in [0.15, 0.2) is 0 Å². The van der Waals surface area contributed by atoms with Crippen molar-refractivity contribution in [1.29, 1.82) is 0 Å². The van der Waals surface area contributed by atoms with Gasteiger partial charge >= 0.3 is 0 Å². The molecule has 0 spiro atoms. The Morgan fingerprint density at radius 1 is 1.25 bits per heavy atom. The minimum atomic E-state index is 0.573. The number of rotatable bonds is 9. The maximum Gasteiger partial charge on any atom is 0.0291 e. The minimum absolute atomic E-state index is 0.573. The number of hydrogen-bond acceptors (Lipinski definition) is 2. The molecule has 2 nitrogen and oxygen atoms in total. The Morgan fingerprint density at radius 2 is 1.94 bits per heavy atom. The zero-order valence-corrected chi connectivity index (χ0v) is 11.8. The van der Waals surface area contributed by atoms with Crippen molar-refractivity contribution in [2.75, 3.05) is 26.7 Å². The van der Waals surface area contributed by atoms with Crippen LogP contribution in [-0.4, -0.2) is 37.6 Å². The second-order valence-corrected chi connectivity index (χ2v) is 4.46. The van der Waals surface area contributed by atoms with Crippen LogP contribution in [0.5, 0.6) is 0 Å². The van der Waals surface area contributed by atoms with E-state index in [-0.39, 0.29) is 0 Å². The monoisotopic (exact) mass is 226 g/mol. The van der Waals surface area contributed by atoms with Crippen molar-refractivity contribution in [2.45, 2.75) is 53.0 Å². The highest BCUT2D eigenvalue weighted by molar-refractivity contribution is 5.10. The highest BCUT2D eigenvalue weighted by Gasteiger charge is 2.15. The molecule has 0 aromatic rings. The molecular weight excluding hydrogens is 196 g/mol. The molecule has 0 heterocycles. The van der Waals surface area contributed by atoms with Gasteiger partial charge in [0.25, 0.3) is 0 Å². The highest BCUT2D eigenvalue weighted by Crippen LogP contribution is 2.11. The molecule has 0 aliphatic heterocycles. The predicted octanol–water partition coefficient (Wildman–Crippen LogP) is 3.05. The zero-order chi connectivity index (χ0) is 12.4. The van der Waals surface area contributed by atoms with Crippen LogP contribution in [0.1, 0.15) is 47.0 Å². The minimum Gasteiger partial charge on any atom is -0.316 e. The Balaban J connectivity index is 4.37. The first kappa shape index (κ1) is 15.7. The van der Waals surface area contributed by atoms with Gasteiger partial charge in [-0.1, -0.05) is 26.3 Å². The van der Waals surface area contributed by atoms with E-state index in [4.69, 9.17) is 0 Å². The Labute approximate surface area is 102 Å². The molecule has 0 fully saturated rings. The van der Waals surface area contributed by atoms with E-state index in [1.165, 1.54) is 37.9 Å². The second kappa shape index (κ2) is 9.86. The highest BCUT2D eigenvalue weighted by atomic mass is 15.1. The van der Waals surface area contributed by atoms with E-state index in [2.05, 4.69) is 44.0 Å². The summed E-state index contributed by atoms with van der Waals surface area (Å²) in [6, 6.07) is 0.573. The molecule has 0 saturated carbocycles. The summed E-state index contributed by atoms with van der Waals surface area (Å²) in [6.45, 7) is 12.4. The molecule has 1 N–H and O–H groups in total. The first-order chi connectivity index (χ1) is 7.71. The van der Waals surface area contributed by atoms with Gasteiger partial charge in [0.1, 0.15) is 0 Å². The van der Waals surface area contributed by atoms with E-state index < -0.39 is 0 Å². The van der Waals surface area contributed by atoms with E-state index >= 15 is 0 Å². The van der Waals surface area contributed by atoms with Gasteiger partial charge in [-0.3, -0.25) is 4.90 Å². The molecule has 2 heteroatoms. The normalized spacial score (nSPS) is 14.5. The van der Waals surface area contributed by atoms with E-state index in [1.54, 1.807) is 0 Å². The molecule has 0 amide bonds. The number of unbranched alkanes of at least 4 members (excludes halogenated alkanes) is 1. The molecular formula is C14H30N2. The summed E-state index contributed by atoms with van der Waals surface area (Å²) >= 11 is 0. The molecule has 96 valence electrons. The number of allylic oxidation sites excluding steroid dienone is 1. The summed E-state index contributed by atoms with van der Waals surface area (Å²) in [5.74, 6) is 0. The summed E-state index contributed by atoms with van der Waals surface area (Å²) in [5.41, 5.74) is 1.51. The summed E-state index contributed by atoms with van der Waals surface area (Å²) in [4.78, 5) is 2.61. The molecule has 0 radical (unpaired) electrons. The first-order valence-electron chi connectivity index (χ1n) is 6.74. The van der Waals surface area contributed by atoms with Crippen LogP contribution in [0.25, 0.3) is 0 Å². The fourth-order valence-electron chi connectivity index (χ4n) is 2.08. The lowest BCUT2D eigenvalue weighted by Gasteiger charge is -2.30. The molecule has 0 aliphatic carbocycles. The Morgan fingerprint density at radius 3 is 2.38 bits per heavy atom. The summed E-state index contributed by atoms with van der Waals surface area (Å²) in [7, 11) is 2.02. The fraction of sp³-hybridized carbons (Fsp3) is 0.857. The van der Waals surface area contributed by atoms with Crippen LogP contribution in [0.15, 0.2) is 11.6 Å². The van der Waals surface area contributed by atoms with Gasteiger partial charge in [0.2, 0.25) is 0 Å². The third-order valence-electron chi connectivity index (χ3n) is 3.15. The predicted molar refractivity (Wildman–Crippen MR) is 73.9 cm³/mol. The Hall–Kier alpha value is -0.340. The largest absolute Gasteiger partial charge is 0.316 e. The average Bonchev–Trinajstić information content (AvgIpc) is 2.30. The second-order valence-electron chi connectivity index (χ2n) is 4.46. The Kier molecular flexibility index (Phi) is 9.65. The van der Waals surface area contributed by atoms with Crippen LogP contribution in [0.2, 0.25) is 0 Å². The van der Waals surface area contributed by atoms with Gasteiger partial charge in [-0.25, -0.2) is 0 Å². The molecule has 1 atom stereocenters. The van der Waals surface area contributed by atoms with E-state index in [9.17, 15) is 0 Å². The van der Waals surface area contributed by atoms with Crippen molar-refractivity contribution >= 4 is 0 Å². The maximum atomic E-state index is 3.26. The lowest BCUT2D eigenvalue weighted by molar-refractivity contribution is 0.227. The topological polar surface area (TPSA) is 15.3 Å². The quantitative estimate of drug-likeness (QED) is 0.608. The van der Waals surface area contributed by atoms with Crippen molar-refractivity contribution in [1.82, 2.24) is 10.2 Å². The van der Waals surface area contributed by atoms with Crippen molar-refractivity contribution in [2.24, 2.45) is 0 Å². The van der Waals surface area contributed by atoms with Gasteiger partial charge in [-0.15, -0.1) is 0 Å². The summed E-state index contributed by atoms with van der Waals surface area (Å²) in [6.07, 6.45) is 6.09. The van der Waals surface area contributed by atoms with Gasteiger partial charge in [-0.05, 0) is 52.4 Å². The number of nitrogens with zero attached hydrogens (tertiary/aromatic N) is 1. The number of nitrogens with one attached hydrogen (secondary N) is 1. The van der Waals surface area contributed by atoms with Gasteiger partial charge in [0.05, 0.1) is 0 Å². The maximum absolute atomic E-state index is 3.26.